The van der Waals surface area contributed by atoms with Crippen molar-refractivity contribution >= 4 is 11.3 Å². The Morgan fingerprint density at radius 3 is 2.94 bits per heavy atom. The first kappa shape index (κ1) is 11.2. The molecule has 2 aromatic heterocycles. The van der Waals surface area contributed by atoms with Crippen LogP contribution in [0.4, 0.5) is 0 Å². The number of thiazole rings is 1. The van der Waals surface area contributed by atoms with Crippen LogP contribution < -0.4 is 5.73 Å². The summed E-state index contributed by atoms with van der Waals surface area (Å²) in [5.41, 5.74) is 7.50. The van der Waals surface area contributed by atoms with Gasteiger partial charge in [-0.3, -0.25) is 4.98 Å². The molecule has 0 aromatic carbocycles. The van der Waals surface area contributed by atoms with Crippen molar-refractivity contribution in [1.82, 2.24) is 9.97 Å². The van der Waals surface area contributed by atoms with Gasteiger partial charge in [0.05, 0.1) is 16.4 Å². The van der Waals surface area contributed by atoms with Crippen LogP contribution in [0.1, 0.15) is 11.9 Å². The van der Waals surface area contributed by atoms with E-state index in [4.69, 9.17) is 5.73 Å². The van der Waals surface area contributed by atoms with Gasteiger partial charge in [-0.1, -0.05) is 13.0 Å². The van der Waals surface area contributed by atoms with Gasteiger partial charge in [-0.15, -0.1) is 11.3 Å². The molecule has 0 fully saturated rings. The second kappa shape index (κ2) is 5.18. The van der Waals surface area contributed by atoms with Crippen molar-refractivity contribution in [3.8, 4) is 11.4 Å². The van der Waals surface area contributed by atoms with Crippen molar-refractivity contribution in [3.05, 3.63) is 34.8 Å². The SMILES string of the molecule is CC(CN)Cc1nc(-c2ccccn2)cs1. The first-order chi connectivity index (χ1) is 7.79. The Morgan fingerprint density at radius 1 is 1.38 bits per heavy atom. The standard InChI is InChI=1S/C12H15N3S/c1-9(7-13)6-12-15-11(8-16-12)10-4-2-3-5-14-10/h2-5,8-9H,6-7,13H2,1H3. The van der Waals surface area contributed by atoms with E-state index in [0.29, 0.717) is 12.5 Å². The minimum Gasteiger partial charge on any atom is -0.330 e. The third-order valence-electron chi connectivity index (χ3n) is 2.40. The average Bonchev–Trinajstić information content (AvgIpc) is 2.78. The smallest absolute Gasteiger partial charge is 0.0998 e. The van der Waals surface area contributed by atoms with Crippen molar-refractivity contribution in [1.29, 1.82) is 0 Å². The summed E-state index contributed by atoms with van der Waals surface area (Å²) in [5.74, 6) is 0.489. The van der Waals surface area contributed by atoms with Crippen molar-refractivity contribution < 1.29 is 0 Å². The number of rotatable bonds is 4. The lowest BCUT2D eigenvalue weighted by Gasteiger charge is -2.03. The quantitative estimate of drug-likeness (QED) is 0.882. The molecule has 0 aliphatic heterocycles. The van der Waals surface area contributed by atoms with E-state index in [1.54, 1.807) is 17.5 Å². The second-order valence-electron chi connectivity index (χ2n) is 3.89. The first-order valence-electron chi connectivity index (χ1n) is 5.35. The van der Waals surface area contributed by atoms with E-state index in [1.807, 2.05) is 18.2 Å². The highest BCUT2D eigenvalue weighted by Gasteiger charge is 2.08. The molecule has 1 atom stereocenters. The minimum absolute atomic E-state index is 0.489. The fourth-order valence-corrected chi connectivity index (χ4v) is 2.37. The Morgan fingerprint density at radius 2 is 2.25 bits per heavy atom. The molecule has 0 aliphatic carbocycles. The zero-order chi connectivity index (χ0) is 11.4. The number of aromatic nitrogens is 2. The Labute approximate surface area is 99.4 Å². The molecule has 0 radical (unpaired) electrons. The highest BCUT2D eigenvalue weighted by atomic mass is 32.1. The molecule has 2 aromatic rings. The summed E-state index contributed by atoms with van der Waals surface area (Å²) in [5, 5.41) is 3.19. The minimum atomic E-state index is 0.489. The van der Waals surface area contributed by atoms with Gasteiger partial charge in [0.15, 0.2) is 0 Å². The molecule has 1 unspecified atom stereocenters. The van der Waals surface area contributed by atoms with E-state index in [1.165, 1.54) is 0 Å². The zero-order valence-corrected chi connectivity index (χ0v) is 10.1. The highest BCUT2D eigenvalue weighted by molar-refractivity contribution is 7.09. The van der Waals surface area contributed by atoms with Gasteiger partial charge >= 0.3 is 0 Å². The molecule has 0 aliphatic rings. The molecule has 0 bridgehead atoms. The summed E-state index contributed by atoms with van der Waals surface area (Å²) in [6.07, 6.45) is 2.74. The Bertz CT molecular complexity index is 439. The fourth-order valence-electron chi connectivity index (χ4n) is 1.42. The molecule has 0 saturated carbocycles. The highest BCUT2D eigenvalue weighted by Crippen LogP contribution is 2.21. The van der Waals surface area contributed by atoms with Crippen molar-refractivity contribution in [2.75, 3.05) is 6.54 Å². The molecule has 4 heteroatoms. The fraction of sp³-hybridized carbons (Fsp3) is 0.333. The zero-order valence-electron chi connectivity index (χ0n) is 9.26. The third-order valence-corrected chi connectivity index (χ3v) is 3.28. The maximum Gasteiger partial charge on any atom is 0.0998 e. The Hall–Kier alpha value is -1.26. The molecule has 2 rings (SSSR count). The molecular formula is C12H15N3S. The van der Waals surface area contributed by atoms with Gasteiger partial charge in [0.1, 0.15) is 0 Å². The van der Waals surface area contributed by atoms with Gasteiger partial charge in [0.2, 0.25) is 0 Å². The van der Waals surface area contributed by atoms with E-state index < -0.39 is 0 Å². The average molecular weight is 233 g/mol. The number of pyridine rings is 1. The van der Waals surface area contributed by atoms with Crippen LogP contribution in [0.25, 0.3) is 11.4 Å². The van der Waals surface area contributed by atoms with Crippen LogP contribution in [0.15, 0.2) is 29.8 Å². The van der Waals surface area contributed by atoms with Crippen LogP contribution >= 0.6 is 11.3 Å². The summed E-state index contributed by atoms with van der Waals surface area (Å²) in [6, 6.07) is 5.86. The Kier molecular flexibility index (Phi) is 3.64. The monoisotopic (exact) mass is 233 g/mol. The van der Waals surface area contributed by atoms with Gasteiger partial charge in [-0.05, 0) is 24.6 Å². The van der Waals surface area contributed by atoms with Crippen LogP contribution in [-0.2, 0) is 6.42 Å². The van der Waals surface area contributed by atoms with Gasteiger partial charge < -0.3 is 5.73 Å². The van der Waals surface area contributed by atoms with E-state index in [2.05, 4.69) is 22.3 Å². The molecule has 0 saturated heterocycles. The van der Waals surface area contributed by atoms with E-state index in [9.17, 15) is 0 Å². The second-order valence-corrected chi connectivity index (χ2v) is 4.83. The first-order valence-corrected chi connectivity index (χ1v) is 6.23. The van der Waals surface area contributed by atoms with Gasteiger partial charge in [-0.2, -0.15) is 0 Å². The maximum absolute atomic E-state index is 5.60. The number of hydrogen-bond donors (Lipinski definition) is 1. The largest absolute Gasteiger partial charge is 0.330 e. The van der Waals surface area contributed by atoms with Crippen LogP contribution in [-0.4, -0.2) is 16.5 Å². The van der Waals surface area contributed by atoms with Crippen molar-refractivity contribution in [2.24, 2.45) is 11.7 Å². The third kappa shape index (κ3) is 2.65. The summed E-state index contributed by atoms with van der Waals surface area (Å²) >= 11 is 1.68. The Balaban J connectivity index is 2.14. The molecule has 3 nitrogen and oxygen atoms in total. The van der Waals surface area contributed by atoms with Crippen molar-refractivity contribution in [2.45, 2.75) is 13.3 Å². The van der Waals surface area contributed by atoms with E-state index in [0.717, 1.165) is 22.8 Å². The van der Waals surface area contributed by atoms with Gasteiger partial charge in [0, 0.05) is 18.0 Å². The molecule has 0 spiro atoms. The van der Waals surface area contributed by atoms with Crippen LogP contribution in [0.3, 0.4) is 0 Å². The predicted octanol–water partition coefficient (Wildman–Crippen LogP) is 2.34. The predicted molar refractivity (Wildman–Crippen MR) is 67.3 cm³/mol. The summed E-state index contributed by atoms with van der Waals surface area (Å²) in [6.45, 7) is 2.85. The van der Waals surface area contributed by atoms with Crippen LogP contribution in [0, 0.1) is 5.92 Å². The molecule has 2 heterocycles. The molecular weight excluding hydrogens is 218 g/mol. The molecule has 2 N–H and O–H groups in total. The topological polar surface area (TPSA) is 51.8 Å². The normalized spacial score (nSPS) is 12.6. The number of nitrogens with two attached hydrogens (primary N) is 1. The van der Waals surface area contributed by atoms with E-state index in [-0.39, 0.29) is 0 Å². The number of hydrogen-bond acceptors (Lipinski definition) is 4. The van der Waals surface area contributed by atoms with Crippen LogP contribution in [0.2, 0.25) is 0 Å². The molecule has 16 heavy (non-hydrogen) atoms. The van der Waals surface area contributed by atoms with E-state index >= 15 is 0 Å². The van der Waals surface area contributed by atoms with Crippen LogP contribution in [0.5, 0.6) is 0 Å². The summed E-state index contributed by atoms with van der Waals surface area (Å²) in [4.78, 5) is 8.85. The lowest BCUT2D eigenvalue weighted by Crippen LogP contribution is -2.12. The summed E-state index contributed by atoms with van der Waals surface area (Å²) < 4.78 is 0. The summed E-state index contributed by atoms with van der Waals surface area (Å²) in [7, 11) is 0. The van der Waals surface area contributed by atoms with Gasteiger partial charge in [0.25, 0.3) is 0 Å². The lowest BCUT2D eigenvalue weighted by atomic mass is 10.1. The number of nitrogens with zero attached hydrogens (tertiary/aromatic N) is 2. The lowest BCUT2D eigenvalue weighted by molar-refractivity contribution is 0.591. The maximum atomic E-state index is 5.60. The van der Waals surface area contributed by atoms with Gasteiger partial charge in [-0.25, -0.2) is 4.98 Å². The molecule has 0 amide bonds. The van der Waals surface area contributed by atoms with Crippen molar-refractivity contribution in [3.63, 3.8) is 0 Å². The molecule has 84 valence electrons.